The second-order valence-electron chi connectivity index (χ2n) is 5.55. The number of halogens is 3. The van der Waals surface area contributed by atoms with E-state index in [-0.39, 0.29) is 11.7 Å². The van der Waals surface area contributed by atoms with Gasteiger partial charge < -0.3 is 9.42 Å². The molecule has 134 valence electrons. The quantitative estimate of drug-likeness (QED) is 0.679. The summed E-state index contributed by atoms with van der Waals surface area (Å²) in [6.07, 6.45) is -1.29. The summed E-state index contributed by atoms with van der Waals surface area (Å²) in [5.41, 5.74) is 1.27. The maximum Gasteiger partial charge on any atom is 0.471 e. The van der Waals surface area contributed by atoms with Crippen LogP contribution in [0, 0.1) is 0 Å². The van der Waals surface area contributed by atoms with Gasteiger partial charge in [0.05, 0.1) is 11.4 Å². The summed E-state index contributed by atoms with van der Waals surface area (Å²) in [6.45, 7) is 0.846. The molecule has 0 saturated carbocycles. The smallest absolute Gasteiger partial charge is 0.332 e. The Morgan fingerprint density at radius 3 is 2.88 bits per heavy atom. The van der Waals surface area contributed by atoms with Crippen LogP contribution in [0.3, 0.4) is 0 Å². The van der Waals surface area contributed by atoms with Crippen molar-refractivity contribution in [1.29, 1.82) is 0 Å². The molecule has 1 aliphatic rings. The Balaban J connectivity index is 1.56. The summed E-state index contributed by atoms with van der Waals surface area (Å²) in [6, 6.07) is 3.28. The molecule has 26 heavy (non-hydrogen) atoms. The number of amides is 1. The van der Waals surface area contributed by atoms with E-state index < -0.39 is 12.1 Å². The van der Waals surface area contributed by atoms with Crippen LogP contribution in [0.25, 0.3) is 10.7 Å². The van der Waals surface area contributed by atoms with Gasteiger partial charge in [-0.15, -0.1) is 11.3 Å². The Bertz CT molecular complexity index is 954. The molecule has 0 atom stereocenters. The average Bonchev–Trinajstić information content (AvgIpc) is 3.27. The molecule has 0 aromatic carbocycles. The van der Waals surface area contributed by atoms with E-state index in [9.17, 15) is 18.0 Å². The van der Waals surface area contributed by atoms with E-state index in [0.29, 0.717) is 30.1 Å². The van der Waals surface area contributed by atoms with Crippen LogP contribution in [0.2, 0.25) is 0 Å². The van der Waals surface area contributed by atoms with Crippen LogP contribution in [-0.2, 0) is 19.1 Å². The number of alkyl halides is 3. The van der Waals surface area contributed by atoms with Gasteiger partial charge in [0, 0.05) is 17.6 Å². The fourth-order valence-electron chi connectivity index (χ4n) is 2.62. The first-order chi connectivity index (χ1) is 12.4. The van der Waals surface area contributed by atoms with Crippen molar-refractivity contribution in [3.63, 3.8) is 0 Å². The molecule has 1 amide bonds. The van der Waals surface area contributed by atoms with Crippen molar-refractivity contribution in [1.82, 2.24) is 25.0 Å². The van der Waals surface area contributed by atoms with E-state index >= 15 is 0 Å². The Labute approximate surface area is 148 Å². The van der Waals surface area contributed by atoms with Gasteiger partial charge in [0.15, 0.2) is 0 Å². The highest BCUT2D eigenvalue weighted by Gasteiger charge is 2.38. The topological polar surface area (TPSA) is 85.0 Å². The molecule has 0 fully saturated rings. The zero-order chi connectivity index (χ0) is 18.3. The zero-order valence-electron chi connectivity index (χ0n) is 13.0. The maximum atomic E-state index is 12.6. The normalized spacial score (nSPS) is 14.3. The van der Waals surface area contributed by atoms with Crippen LogP contribution >= 0.6 is 11.3 Å². The fourth-order valence-corrected chi connectivity index (χ4v) is 3.77. The lowest BCUT2D eigenvalue weighted by molar-refractivity contribution is -0.159. The molecule has 7 nitrogen and oxygen atoms in total. The third-order valence-corrected chi connectivity index (χ3v) is 5.02. The fraction of sp³-hybridized carbons (Fsp3) is 0.267. The van der Waals surface area contributed by atoms with Crippen LogP contribution in [0.15, 0.2) is 29.2 Å². The first kappa shape index (κ1) is 16.6. The monoisotopic (exact) mass is 381 g/mol. The van der Waals surface area contributed by atoms with Crippen molar-refractivity contribution in [3.8, 4) is 10.7 Å². The molecule has 3 aromatic rings. The van der Waals surface area contributed by atoms with Crippen molar-refractivity contribution < 1.29 is 22.5 Å². The van der Waals surface area contributed by atoms with E-state index in [1.807, 2.05) is 0 Å². The Hall–Kier alpha value is -2.82. The minimum atomic E-state index is -4.68. The second-order valence-corrected chi connectivity index (χ2v) is 6.69. The molecule has 0 aliphatic carbocycles. The van der Waals surface area contributed by atoms with Crippen LogP contribution in [0.4, 0.5) is 13.2 Å². The van der Waals surface area contributed by atoms with Gasteiger partial charge in [0.1, 0.15) is 12.0 Å². The summed E-state index contributed by atoms with van der Waals surface area (Å²) < 4.78 is 42.1. The number of fused-ring (bicyclic) bond motifs is 1. The van der Waals surface area contributed by atoms with Crippen molar-refractivity contribution in [2.24, 2.45) is 0 Å². The van der Waals surface area contributed by atoms with Gasteiger partial charge in [-0.25, -0.2) is 9.97 Å². The van der Waals surface area contributed by atoms with Gasteiger partial charge in [0.25, 0.3) is 5.91 Å². The zero-order valence-corrected chi connectivity index (χ0v) is 13.8. The van der Waals surface area contributed by atoms with Gasteiger partial charge in [-0.05, 0) is 24.1 Å². The highest BCUT2D eigenvalue weighted by molar-refractivity contribution is 7.15. The van der Waals surface area contributed by atoms with Crippen LogP contribution in [0.1, 0.15) is 26.8 Å². The number of carbonyl (C=O) groups is 1. The van der Waals surface area contributed by atoms with E-state index in [1.54, 1.807) is 11.0 Å². The highest BCUT2D eigenvalue weighted by atomic mass is 32.1. The Kier molecular flexibility index (Phi) is 3.94. The lowest BCUT2D eigenvalue weighted by Crippen LogP contribution is -2.35. The Morgan fingerprint density at radius 2 is 2.19 bits per heavy atom. The molecular weight excluding hydrogens is 371 g/mol. The molecular formula is C15H10F3N5O2S. The summed E-state index contributed by atoms with van der Waals surface area (Å²) in [4.78, 5) is 26.6. The largest absolute Gasteiger partial charge is 0.471 e. The van der Waals surface area contributed by atoms with Crippen LogP contribution in [-0.4, -0.2) is 37.5 Å². The summed E-state index contributed by atoms with van der Waals surface area (Å²) in [5, 5.41) is 3.40. The van der Waals surface area contributed by atoms with Crippen molar-refractivity contribution in [2.75, 3.05) is 6.54 Å². The molecule has 3 aromatic heterocycles. The Morgan fingerprint density at radius 1 is 1.35 bits per heavy atom. The van der Waals surface area contributed by atoms with Gasteiger partial charge >= 0.3 is 12.1 Å². The number of carbonyl (C=O) groups excluding carboxylic acids is 1. The molecule has 4 rings (SSSR count). The highest BCUT2D eigenvalue weighted by Crippen LogP contribution is 2.35. The summed E-state index contributed by atoms with van der Waals surface area (Å²) >= 11 is 1.25. The molecule has 4 heterocycles. The SMILES string of the molecule is O=C(c1ccncn1)N1CCc2cc(-c3noc(C(F)(F)F)n3)sc2C1. The van der Waals surface area contributed by atoms with Gasteiger partial charge in [-0.1, -0.05) is 5.16 Å². The summed E-state index contributed by atoms with van der Waals surface area (Å²) in [5.74, 6) is -1.70. The molecule has 0 saturated heterocycles. The minimum absolute atomic E-state index is 0.106. The van der Waals surface area contributed by atoms with E-state index in [2.05, 4.69) is 24.6 Å². The standard InChI is InChI=1S/C15H10F3N5O2S/c16-15(17,18)14-21-12(22-25-14)10-5-8-2-4-23(6-11(8)26-10)13(24)9-1-3-19-7-20-9/h1,3,5,7H,2,4,6H2. The first-order valence-corrected chi connectivity index (χ1v) is 8.31. The first-order valence-electron chi connectivity index (χ1n) is 7.50. The van der Waals surface area contributed by atoms with Crippen LogP contribution in [0.5, 0.6) is 0 Å². The maximum absolute atomic E-state index is 12.6. The predicted molar refractivity (Wildman–Crippen MR) is 83.1 cm³/mol. The predicted octanol–water partition coefficient (Wildman–Crippen LogP) is 2.81. The number of thiophene rings is 1. The van der Waals surface area contributed by atoms with Gasteiger partial charge in [0.2, 0.25) is 5.82 Å². The third-order valence-electron chi connectivity index (χ3n) is 3.86. The number of aromatic nitrogens is 4. The third kappa shape index (κ3) is 3.05. The number of hydrogen-bond acceptors (Lipinski definition) is 7. The number of rotatable bonds is 2. The molecule has 0 N–H and O–H groups in total. The van der Waals surface area contributed by atoms with Gasteiger partial charge in [-0.3, -0.25) is 4.79 Å². The number of hydrogen-bond donors (Lipinski definition) is 0. The minimum Gasteiger partial charge on any atom is -0.332 e. The second kappa shape index (κ2) is 6.16. The summed E-state index contributed by atoms with van der Waals surface area (Å²) in [7, 11) is 0. The van der Waals surface area contributed by atoms with Gasteiger partial charge in [-0.2, -0.15) is 18.2 Å². The van der Waals surface area contributed by atoms with E-state index in [1.165, 1.54) is 29.9 Å². The molecule has 1 aliphatic heterocycles. The van der Waals surface area contributed by atoms with E-state index in [0.717, 1.165) is 10.4 Å². The van der Waals surface area contributed by atoms with Crippen molar-refractivity contribution >= 4 is 17.2 Å². The molecule has 0 spiro atoms. The van der Waals surface area contributed by atoms with Crippen molar-refractivity contribution in [3.05, 3.63) is 46.7 Å². The molecule has 0 bridgehead atoms. The van der Waals surface area contributed by atoms with Crippen molar-refractivity contribution in [2.45, 2.75) is 19.1 Å². The molecule has 0 radical (unpaired) electrons. The van der Waals surface area contributed by atoms with E-state index in [4.69, 9.17) is 0 Å². The lowest BCUT2D eigenvalue weighted by atomic mass is 10.1. The van der Waals surface area contributed by atoms with Crippen LogP contribution < -0.4 is 0 Å². The lowest BCUT2D eigenvalue weighted by Gasteiger charge is -2.26. The molecule has 11 heteroatoms. The average molecular weight is 381 g/mol. The molecule has 0 unspecified atom stereocenters. The number of nitrogens with zero attached hydrogens (tertiary/aromatic N) is 5.